The van der Waals surface area contributed by atoms with Crippen molar-refractivity contribution in [1.82, 2.24) is 9.55 Å². The molecule has 8 nitrogen and oxygen atoms in total. The summed E-state index contributed by atoms with van der Waals surface area (Å²) in [6.07, 6.45) is 4.68. The number of fused-ring (bicyclic) bond motifs is 3. The molecular formula is C36H25N3O5. The van der Waals surface area contributed by atoms with E-state index in [1.807, 2.05) is 12.1 Å². The molecule has 8 rings (SSSR count). The number of Topliss-reactive ketones (excluding diaryl/α,β-unsaturated/α-hetero) is 2. The first-order chi connectivity index (χ1) is 21.4. The highest BCUT2D eigenvalue weighted by atomic mass is 16.2. The van der Waals surface area contributed by atoms with E-state index in [2.05, 4.69) is 4.98 Å². The van der Waals surface area contributed by atoms with Crippen LogP contribution in [0.3, 0.4) is 0 Å². The van der Waals surface area contributed by atoms with Gasteiger partial charge in [-0.3, -0.25) is 28.5 Å². The van der Waals surface area contributed by atoms with Crippen molar-refractivity contribution in [3.63, 3.8) is 0 Å². The third-order valence-corrected chi connectivity index (χ3v) is 9.13. The topological polar surface area (TPSA) is 106 Å². The predicted octanol–water partition coefficient (Wildman–Crippen LogP) is 6.01. The zero-order valence-corrected chi connectivity index (χ0v) is 23.5. The van der Waals surface area contributed by atoms with Crippen molar-refractivity contribution in [2.75, 3.05) is 4.90 Å². The number of carbonyl (C=O) groups excluding carboxylic acids is 4. The lowest BCUT2D eigenvalue weighted by molar-refractivity contribution is 0.0881. The molecule has 0 atom stereocenters. The molecule has 0 bridgehead atoms. The minimum absolute atomic E-state index is 0.00658. The van der Waals surface area contributed by atoms with Crippen LogP contribution in [0, 0.1) is 0 Å². The Balaban J connectivity index is 1.20. The maximum Gasteiger partial charge on any atom is 0.266 e. The van der Waals surface area contributed by atoms with E-state index >= 15 is 0 Å². The molecule has 0 radical (unpaired) electrons. The Morgan fingerprint density at radius 3 is 1.84 bits per heavy atom. The minimum Gasteiger partial charge on any atom is -0.293 e. The molecule has 214 valence electrons. The summed E-state index contributed by atoms with van der Waals surface area (Å²) in [5.74, 6) is -3.15. The Morgan fingerprint density at radius 1 is 0.614 bits per heavy atom. The van der Waals surface area contributed by atoms with Gasteiger partial charge in [0.1, 0.15) is 11.7 Å². The second-order valence-electron chi connectivity index (χ2n) is 11.6. The fourth-order valence-electron chi connectivity index (χ4n) is 6.92. The smallest absolute Gasteiger partial charge is 0.266 e. The lowest BCUT2D eigenvalue weighted by Crippen LogP contribution is -2.29. The molecule has 8 heteroatoms. The van der Waals surface area contributed by atoms with E-state index in [-0.39, 0.29) is 28.1 Å². The molecule has 4 aromatic carbocycles. The molecule has 44 heavy (non-hydrogen) atoms. The summed E-state index contributed by atoms with van der Waals surface area (Å²) in [5, 5.41) is 0.349. The molecule has 1 fully saturated rings. The van der Waals surface area contributed by atoms with Gasteiger partial charge in [0.2, 0.25) is 0 Å². The van der Waals surface area contributed by atoms with Crippen LogP contribution in [-0.2, 0) is 0 Å². The fraction of sp³-hybridized carbons (Fsp3) is 0.167. The van der Waals surface area contributed by atoms with Gasteiger partial charge in [0.05, 0.1) is 33.4 Å². The van der Waals surface area contributed by atoms with E-state index in [4.69, 9.17) is 0 Å². The summed E-state index contributed by atoms with van der Waals surface area (Å²) < 4.78 is 1.30. The predicted molar refractivity (Wildman–Crippen MR) is 164 cm³/mol. The highest BCUT2D eigenvalue weighted by molar-refractivity contribution is 6.37. The van der Waals surface area contributed by atoms with Gasteiger partial charge in [-0.25, -0.2) is 9.88 Å². The molecule has 2 aliphatic carbocycles. The second-order valence-corrected chi connectivity index (χ2v) is 11.6. The van der Waals surface area contributed by atoms with Crippen molar-refractivity contribution in [3.05, 3.63) is 135 Å². The molecule has 2 heterocycles. The zero-order chi connectivity index (χ0) is 30.1. The molecule has 0 saturated heterocycles. The van der Waals surface area contributed by atoms with Gasteiger partial charge in [-0.05, 0) is 72.9 Å². The highest BCUT2D eigenvalue weighted by Gasteiger charge is 2.46. The van der Waals surface area contributed by atoms with E-state index in [9.17, 15) is 24.0 Å². The summed E-state index contributed by atoms with van der Waals surface area (Å²) in [7, 11) is 0. The number of aromatic nitrogens is 2. The van der Waals surface area contributed by atoms with Crippen LogP contribution in [0.2, 0.25) is 0 Å². The van der Waals surface area contributed by atoms with Crippen LogP contribution in [0.1, 0.15) is 90.3 Å². The summed E-state index contributed by atoms with van der Waals surface area (Å²) in [6, 6.07) is 25.7. The first kappa shape index (κ1) is 26.2. The van der Waals surface area contributed by atoms with Crippen LogP contribution in [0.4, 0.5) is 5.69 Å². The van der Waals surface area contributed by atoms with Gasteiger partial charge in [-0.1, -0.05) is 55.3 Å². The third kappa shape index (κ3) is 3.77. The molecular weight excluding hydrogens is 554 g/mol. The SMILES string of the molecule is O=C1c2cc3c(cc2C(=O)C1c1nc2ccccc2c(=O)n1-c1ccccc1)C(=O)N(c1ccc(C2CCCC2)cc1)C3=O. The summed E-state index contributed by atoms with van der Waals surface area (Å²) in [4.78, 5) is 74.5. The van der Waals surface area contributed by atoms with Crippen LogP contribution in [0.15, 0.2) is 95.8 Å². The number of hydrogen-bond donors (Lipinski definition) is 0. The summed E-state index contributed by atoms with van der Waals surface area (Å²) in [5.41, 5.74) is 2.28. The number of carbonyl (C=O) groups is 4. The number of para-hydroxylation sites is 2. The molecule has 1 aromatic heterocycles. The Morgan fingerprint density at radius 2 is 1.20 bits per heavy atom. The van der Waals surface area contributed by atoms with E-state index < -0.39 is 34.9 Å². The Labute approximate surface area is 251 Å². The van der Waals surface area contributed by atoms with E-state index in [1.165, 1.54) is 35.1 Å². The van der Waals surface area contributed by atoms with E-state index in [0.717, 1.165) is 17.7 Å². The molecule has 0 unspecified atom stereocenters. The number of rotatable bonds is 4. The van der Waals surface area contributed by atoms with Gasteiger partial charge in [0.25, 0.3) is 17.4 Å². The van der Waals surface area contributed by atoms with Crippen molar-refractivity contribution in [2.24, 2.45) is 0 Å². The van der Waals surface area contributed by atoms with Crippen molar-refractivity contribution in [2.45, 2.75) is 37.5 Å². The van der Waals surface area contributed by atoms with E-state index in [0.29, 0.717) is 28.2 Å². The normalized spacial score (nSPS) is 16.8. The summed E-state index contributed by atoms with van der Waals surface area (Å²) >= 11 is 0. The number of hydrogen-bond acceptors (Lipinski definition) is 6. The third-order valence-electron chi connectivity index (χ3n) is 9.13. The number of benzene rings is 4. The highest BCUT2D eigenvalue weighted by Crippen LogP contribution is 2.40. The van der Waals surface area contributed by atoms with E-state index in [1.54, 1.807) is 66.7 Å². The molecule has 0 N–H and O–H groups in total. The quantitative estimate of drug-likeness (QED) is 0.191. The van der Waals surface area contributed by atoms with Crippen LogP contribution in [0.5, 0.6) is 0 Å². The van der Waals surface area contributed by atoms with Crippen molar-refractivity contribution >= 4 is 40.0 Å². The Bertz CT molecular complexity index is 2070. The van der Waals surface area contributed by atoms with Gasteiger partial charge in [0.15, 0.2) is 11.6 Å². The summed E-state index contributed by atoms with van der Waals surface area (Å²) in [6.45, 7) is 0. The number of nitrogens with zero attached hydrogens (tertiary/aromatic N) is 3. The van der Waals surface area contributed by atoms with Gasteiger partial charge in [-0.2, -0.15) is 0 Å². The van der Waals surface area contributed by atoms with Crippen LogP contribution in [0.25, 0.3) is 16.6 Å². The number of amides is 2. The zero-order valence-electron chi connectivity index (χ0n) is 23.5. The standard InChI is InChI=1S/C36H25N3O5/c40-31-25-18-27-28(36(44)39(35(27)43)23-16-14-21(15-17-23)20-8-4-5-9-20)19-26(25)32(41)30(31)33-37-29-13-7-6-12-24(29)34(42)38(33)22-10-2-1-3-11-22/h1-3,6-7,10-20,30H,4-5,8-9H2. The van der Waals surface area contributed by atoms with Gasteiger partial charge in [-0.15, -0.1) is 0 Å². The molecule has 0 spiro atoms. The fourth-order valence-corrected chi connectivity index (χ4v) is 6.92. The van der Waals surface area contributed by atoms with Gasteiger partial charge < -0.3 is 0 Å². The molecule has 1 saturated carbocycles. The number of imide groups is 1. The largest absolute Gasteiger partial charge is 0.293 e. The lowest BCUT2D eigenvalue weighted by Gasteiger charge is -2.16. The van der Waals surface area contributed by atoms with Gasteiger partial charge >= 0.3 is 0 Å². The molecule has 5 aromatic rings. The Kier molecular flexibility index (Phi) is 5.81. The average Bonchev–Trinajstić information content (AvgIpc) is 3.74. The van der Waals surface area contributed by atoms with Crippen molar-refractivity contribution < 1.29 is 19.2 Å². The van der Waals surface area contributed by atoms with Crippen molar-refractivity contribution in [3.8, 4) is 5.69 Å². The maximum absolute atomic E-state index is 14.0. The van der Waals surface area contributed by atoms with Crippen molar-refractivity contribution in [1.29, 1.82) is 0 Å². The molecule has 1 aliphatic heterocycles. The maximum atomic E-state index is 14.0. The first-order valence-electron chi connectivity index (χ1n) is 14.7. The van der Waals surface area contributed by atoms with Crippen LogP contribution >= 0.6 is 0 Å². The number of anilines is 1. The monoisotopic (exact) mass is 579 g/mol. The first-order valence-corrected chi connectivity index (χ1v) is 14.7. The minimum atomic E-state index is -1.41. The second kappa shape index (κ2) is 9.77. The number of ketones is 2. The van der Waals surface area contributed by atoms with Gasteiger partial charge in [0, 0.05) is 11.1 Å². The lowest BCUT2D eigenvalue weighted by atomic mass is 9.97. The average molecular weight is 580 g/mol. The van der Waals surface area contributed by atoms with Crippen LogP contribution < -0.4 is 10.5 Å². The Hall–Kier alpha value is -5.50. The molecule has 3 aliphatic rings. The van der Waals surface area contributed by atoms with Crippen LogP contribution in [-0.4, -0.2) is 32.9 Å². The molecule has 2 amide bonds.